The Morgan fingerprint density at radius 2 is 1.17 bits per heavy atom. The number of carbonyl (C=O) groups is 2. The summed E-state index contributed by atoms with van der Waals surface area (Å²) in [5.74, 6) is -1.04. The first-order chi connectivity index (χ1) is 28.2. The van der Waals surface area contributed by atoms with Gasteiger partial charge in [0.15, 0.2) is 6.10 Å². The van der Waals surface area contributed by atoms with E-state index in [9.17, 15) is 24.2 Å². The van der Waals surface area contributed by atoms with Gasteiger partial charge in [-0.15, -0.1) is 0 Å². The second-order valence-corrected chi connectivity index (χ2v) is 15.8. The van der Waals surface area contributed by atoms with Gasteiger partial charge in [0.05, 0.1) is 32.0 Å². The maximum atomic E-state index is 12.6. The van der Waals surface area contributed by atoms with Gasteiger partial charge in [0.2, 0.25) is 0 Å². The number of aliphatic hydroxyl groups excluding tert-OH is 2. The van der Waals surface area contributed by atoms with Crippen LogP contribution in [0.3, 0.4) is 0 Å². The molecule has 330 valence electrons. The van der Waals surface area contributed by atoms with E-state index in [-0.39, 0.29) is 31.7 Å². The predicted molar refractivity (Wildman–Crippen MR) is 232 cm³/mol. The van der Waals surface area contributed by atoms with Gasteiger partial charge in [0, 0.05) is 12.8 Å². The van der Waals surface area contributed by atoms with E-state index in [1.807, 2.05) is 0 Å². The fourth-order valence-electron chi connectivity index (χ4n) is 5.54. The summed E-state index contributed by atoms with van der Waals surface area (Å²) in [6.07, 6.45) is 45.7. The number of epoxide rings is 1. The Balaban J connectivity index is 2.34. The number of phosphoric acid groups is 1. The van der Waals surface area contributed by atoms with Gasteiger partial charge >= 0.3 is 19.8 Å². The van der Waals surface area contributed by atoms with Crippen LogP contribution in [-0.4, -0.2) is 77.9 Å². The van der Waals surface area contributed by atoms with Crippen molar-refractivity contribution in [3.05, 3.63) is 85.1 Å². The fourth-order valence-corrected chi connectivity index (χ4v) is 6.33. The number of phosphoric ester groups is 1. The van der Waals surface area contributed by atoms with Crippen LogP contribution in [0.5, 0.6) is 0 Å². The second kappa shape index (κ2) is 37.1. The Kier molecular flexibility index (Phi) is 34.0. The lowest BCUT2D eigenvalue weighted by molar-refractivity contribution is -0.161. The number of rotatable bonds is 38. The van der Waals surface area contributed by atoms with E-state index in [0.29, 0.717) is 19.3 Å². The highest BCUT2D eigenvalue weighted by molar-refractivity contribution is 7.47. The molecule has 11 nitrogen and oxygen atoms in total. The number of carbonyl (C=O) groups excluding carboxylic acids is 2. The largest absolute Gasteiger partial charge is 0.472 e. The van der Waals surface area contributed by atoms with Crippen molar-refractivity contribution in [2.75, 3.05) is 26.4 Å². The van der Waals surface area contributed by atoms with Crippen molar-refractivity contribution in [3.8, 4) is 0 Å². The van der Waals surface area contributed by atoms with Crippen LogP contribution in [-0.2, 0) is 37.4 Å². The summed E-state index contributed by atoms with van der Waals surface area (Å²) in [7, 11) is -4.65. The lowest BCUT2D eigenvalue weighted by Gasteiger charge is -2.20. The van der Waals surface area contributed by atoms with Crippen molar-refractivity contribution in [1.82, 2.24) is 0 Å². The molecule has 1 saturated heterocycles. The van der Waals surface area contributed by atoms with Gasteiger partial charge < -0.3 is 29.3 Å². The zero-order valence-electron chi connectivity index (χ0n) is 35.4. The summed E-state index contributed by atoms with van der Waals surface area (Å²) >= 11 is 0. The van der Waals surface area contributed by atoms with Crippen LogP contribution in [0.25, 0.3) is 0 Å². The first kappa shape index (κ1) is 53.1. The summed E-state index contributed by atoms with van der Waals surface area (Å²) in [6, 6.07) is 0. The summed E-state index contributed by atoms with van der Waals surface area (Å²) in [6.45, 7) is 2.10. The highest BCUT2D eigenvalue weighted by Crippen LogP contribution is 2.43. The zero-order valence-corrected chi connectivity index (χ0v) is 36.3. The molecule has 3 N–H and O–H groups in total. The quantitative estimate of drug-likeness (QED) is 0.0178. The monoisotopic (exact) mass is 835 g/mol. The first-order valence-corrected chi connectivity index (χ1v) is 23.2. The average molecular weight is 835 g/mol. The molecule has 1 heterocycles. The third kappa shape index (κ3) is 34.0. The molecule has 0 amide bonds. The Bertz CT molecular complexity index is 1300. The van der Waals surface area contributed by atoms with Gasteiger partial charge in [-0.2, -0.15) is 0 Å². The Morgan fingerprint density at radius 3 is 1.78 bits per heavy atom. The molecule has 0 aromatic carbocycles. The number of allylic oxidation sites excluding steroid dienone is 13. The van der Waals surface area contributed by atoms with Crippen LogP contribution in [0.2, 0.25) is 0 Å². The molecule has 0 aliphatic carbocycles. The molecule has 1 aliphatic rings. The number of ether oxygens (including phenoxy) is 3. The van der Waals surface area contributed by atoms with Crippen LogP contribution in [0, 0.1) is 0 Å². The highest BCUT2D eigenvalue weighted by Gasteiger charge is 2.36. The molecule has 58 heavy (non-hydrogen) atoms. The van der Waals surface area contributed by atoms with E-state index in [1.54, 1.807) is 0 Å². The molecule has 5 atom stereocenters. The zero-order chi connectivity index (χ0) is 42.4. The third-order valence-corrected chi connectivity index (χ3v) is 9.91. The molecule has 0 bridgehead atoms. The van der Waals surface area contributed by atoms with Crippen LogP contribution < -0.4 is 0 Å². The van der Waals surface area contributed by atoms with Crippen molar-refractivity contribution in [2.45, 2.75) is 167 Å². The second-order valence-electron chi connectivity index (χ2n) is 14.4. The number of aliphatic hydroxyl groups is 2. The molecule has 0 spiro atoms. The van der Waals surface area contributed by atoms with Gasteiger partial charge in [-0.25, -0.2) is 4.57 Å². The van der Waals surface area contributed by atoms with E-state index in [0.717, 1.165) is 77.0 Å². The number of hydrogen-bond donors (Lipinski definition) is 3. The molecular formula is C46H75O11P. The lowest BCUT2D eigenvalue weighted by Crippen LogP contribution is -2.29. The van der Waals surface area contributed by atoms with Gasteiger partial charge in [-0.1, -0.05) is 125 Å². The number of hydrogen-bond acceptors (Lipinski definition) is 10. The van der Waals surface area contributed by atoms with Crippen LogP contribution in [0.1, 0.15) is 142 Å². The normalized spacial score (nSPS) is 18.2. The summed E-state index contributed by atoms with van der Waals surface area (Å²) in [5, 5.41) is 18.4. The summed E-state index contributed by atoms with van der Waals surface area (Å²) in [5.41, 5.74) is 0. The maximum absolute atomic E-state index is 12.6. The van der Waals surface area contributed by atoms with Crippen molar-refractivity contribution in [3.63, 3.8) is 0 Å². The average Bonchev–Trinajstić information content (AvgIpc) is 3.97. The molecule has 12 heteroatoms. The molecule has 1 fully saturated rings. The summed E-state index contributed by atoms with van der Waals surface area (Å²) < 4.78 is 38.4. The number of unbranched alkanes of at least 4 members (excludes halogenated alkanes) is 7. The molecule has 0 saturated carbocycles. The van der Waals surface area contributed by atoms with Gasteiger partial charge in [-0.3, -0.25) is 18.6 Å². The van der Waals surface area contributed by atoms with Crippen molar-refractivity contribution >= 4 is 19.8 Å². The van der Waals surface area contributed by atoms with Gasteiger partial charge in [0.25, 0.3) is 0 Å². The smallest absolute Gasteiger partial charge is 0.462 e. The molecule has 1 rings (SSSR count). The maximum Gasteiger partial charge on any atom is 0.472 e. The topological polar surface area (TPSA) is 161 Å². The molecule has 1 aliphatic heterocycles. The highest BCUT2D eigenvalue weighted by atomic mass is 31.2. The van der Waals surface area contributed by atoms with Crippen molar-refractivity contribution in [1.29, 1.82) is 0 Å². The molecule has 0 radical (unpaired) electrons. The van der Waals surface area contributed by atoms with Crippen molar-refractivity contribution < 1.29 is 52.5 Å². The minimum absolute atomic E-state index is 0.107. The standard InChI is InChI=1S/C46H75O11P/c1-3-5-7-9-11-13-15-17-18-19-20-21-23-25-27-29-31-35-46(50)56-42(40-55-58(51,52)54-38-41(48)37-47)39-53-45(49)36-32-34-44-43(57-44)33-30-28-26-24-22-16-14-12-10-8-6-4-2/h5,7,11-14,17-18,20-22,24,28,30,41-44,47-48H,3-4,6,8-10,15-16,19,23,25-27,29,31-40H2,1-2H3,(H,51,52)/b7-5-,13-11-,14-12-,18-17-,21-20-,24-22-,30-28-/t41-,42+,43?,44?/m0/s1. The SMILES string of the molecule is CC/C=C\C/C=C\C/C=C\C/C=C\CCCCCCC(=O)O[C@H](COC(=O)CCCC1OC1C/C=C\C/C=C\C/C=C\CCCCC)COP(=O)(O)OC[C@@H](O)CO. The third-order valence-electron chi connectivity index (χ3n) is 8.96. The van der Waals surface area contributed by atoms with E-state index in [2.05, 4.69) is 103 Å². The Morgan fingerprint density at radius 1 is 0.638 bits per heavy atom. The van der Waals surface area contributed by atoms with E-state index in [1.165, 1.54) is 19.3 Å². The molecular weight excluding hydrogens is 759 g/mol. The molecule has 3 unspecified atom stereocenters. The Labute approximate surface area is 349 Å². The van der Waals surface area contributed by atoms with Gasteiger partial charge in [-0.05, 0) is 89.9 Å². The minimum Gasteiger partial charge on any atom is -0.462 e. The van der Waals surface area contributed by atoms with E-state index >= 15 is 0 Å². The Hall–Kier alpha value is -2.89. The predicted octanol–water partition coefficient (Wildman–Crippen LogP) is 10.4. The molecule has 0 aromatic rings. The van der Waals surface area contributed by atoms with E-state index in [4.69, 9.17) is 23.8 Å². The van der Waals surface area contributed by atoms with Crippen LogP contribution in [0.4, 0.5) is 0 Å². The van der Waals surface area contributed by atoms with E-state index < -0.39 is 51.8 Å². The van der Waals surface area contributed by atoms with Crippen molar-refractivity contribution in [2.24, 2.45) is 0 Å². The fraction of sp³-hybridized carbons (Fsp3) is 0.652. The number of esters is 2. The lowest BCUT2D eigenvalue weighted by atomic mass is 10.1. The molecule has 0 aromatic heterocycles. The van der Waals surface area contributed by atoms with Crippen LogP contribution >= 0.6 is 7.82 Å². The summed E-state index contributed by atoms with van der Waals surface area (Å²) in [4.78, 5) is 35.1. The first-order valence-electron chi connectivity index (χ1n) is 21.7. The van der Waals surface area contributed by atoms with Crippen LogP contribution in [0.15, 0.2) is 85.1 Å². The van der Waals surface area contributed by atoms with Gasteiger partial charge in [0.1, 0.15) is 12.7 Å². The minimum atomic E-state index is -4.65.